The van der Waals surface area contributed by atoms with Gasteiger partial charge < -0.3 is 11.1 Å². The van der Waals surface area contributed by atoms with Gasteiger partial charge in [-0.1, -0.05) is 32.1 Å². The Labute approximate surface area is 124 Å². The zero-order valence-electron chi connectivity index (χ0n) is 12.9. The average molecular weight is 280 g/mol. The van der Waals surface area contributed by atoms with E-state index in [1.54, 1.807) is 0 Å². The third-order valence-electron chi connectivity index (χ3n) is 5.24. The molecule has 0 atom stereocenters. The number of nitrogens with one attached hydrogen (secondary N) is 1. The lowest BCUT2D eigenvalue weighted by Gasteiger charge is -2.28. The molecule has 20 heavy (non-hydrogen) atoms. The molecule has 0 saturated heterocycles. The van der Waals surface area contributed by atoms with Crippen molar-refractivity contribution in [2.24, 2.45) is 17.6 Å². The van der Waals surface area contributed by atoms with Crippen LogP contribution in [-0.2, 0) is 4.79 Å². The van der Waals surface area contributed by atoms with Crippen molar-refractivity contribution in [3.63, 3.8) is 0 Å². The standard InChI is InChI=1S/C17H32N2O/c18-13-15-10-8-14(9-11-15)12-17(20)19-16-6-4-2-1-3-5-7-16/h14-16H,1-13,18H2,(H,19,20). The highest BCUT2D eigenvalue weighted by atomic mass is 16.1. The molecule has 2 aliphatic rings. The van der Waals surface area contributed by atoms with E-state index in [1.807, 2.05) is 0 Å². The Morgan fingerprint density at radius 1 is 0.850 bits per heavy atom. The molecule has 3 heteroatoms. The van der Waals surface area contributed by atoms with Crippen molar-refractivity contribution in [2.75, 3.05) is 6.54 Å². The maximum absolute atomic E-state index is 12.2. The first kappa shape index (κ1) is 15.8. The van der Waals surface area contributed by atoms with Crippen LogP contribution in [0.1, 0.15) is 77.0 Å². The molecular formula is C17H32N2O. The van der Waals surface area contributed by atoms with E-state index in [0.29, 0.717) is 23.8 Å². The van der Waals surface area contributed by atoms with Crippen LogP contribution < -0.4 is 11.1 Å². The van der Waals surface area contributed by atoms with Crippen molar-refractivity contribution >= 4 is 5.91 Å². The number of carbonyl (C=O) groups is 1. The second-order valence-electron chi connectivity index (χ2n) is 6.94. The van der Waals surface area contributed by atoms with E-state index in [1.165, 1.54) is 70.6 Å². The van der Waals surface area contributed by atoms with Crippen LogP contribution in [0.25, 0.3) is 0 Å². The van der Waals surface area contributed by atoms with Crippen molar-refractivity contribution in [1.29, 1.82) is 0 Å². The first-order valence-corrected chi connectivity index (χ1v) is 8.77. The second kappa shape index (κ2) is 8.66. The molecule has 2 rings (SSSR count). The highest BCUT2D eigenvalue weighted by Gasteiger charge is 2.23. The van der Waals surface area contributed by atoms with Gasteiger partial charge in [0.1, 0.15) is 0 Å². The van der Waals surface area contributed by atoms with E-state index in [-0.39, 0.29) is 0 Å². The molecule has 0 aromatic rings. The summed E-state index contributed by atoms with van der Waals surface area (Å²) in [6.45, 7) is 0.820. The molecule has 3 N–H and O–H groups in total. The summed E-state index contributed by atoms with van der Waals surface area (Å²) >= 11 is 0. The summed E-state index contributed by atoms with van der Waals surface area (Å²) in [5.41, 5.74) is 5.72. The van der Waals surface area contributed by atoms with Gasteiger partial charge in [-0.05, 0) is 56.9 Å². The lowest BCUT2D eigenvalue weighted by Crippen LogP contribution is -2.36. The van der Waals surface area contributed by atoms with Crippen LogP contribution in [0.15, 0.2) is 0 Å². The number of rotatable bonds is 4. The fourth-order valence-electron chi connectivity index (χ4n) is 3.82. The van der Waals surface area contributed by atoms with Crippen molar-refractivity contribution in [3.05, 3.63) is 0 Å². The molecule has 0 aliphatic heterocycles. The largest absolute Gasteiger partial charge is 0.353 e. The smallest absolute Gasteiger partial charge is 0.220 e. The third-order valence-corrected chi connectivity index (χ3v) is 5.24. The minimum atomic E-state index is 0.298. The highest BCUT2D eigenvalue weighted by Crippen LogP contribution is 2.30. The molecule has 0 heterocycles. The Bertz CT molecular complexity index is 277. The van der Waals surface area contributed by atoms with Crippen molar-refractivity contribution < 1.29 is 4.79 Å². The zero-order valence-corrected chi connectivity index (χ0v) is 12.9. The molecule has 3 nitrogen and oxygen atoms in total. The van der Waals surface area contributed by atoms with Crippen LogP contribution in [0.2, 0.25) is 0 Å². The summed E-state index contributed by atoms with van der Waals surface area (Å²) in [7, 11) is 0. The normalized spacial score (nSPS) is 29.4. The quantitative estimate of drug-likeness (QED) is 0.829. The second-order valence-corrected chi connectivity index (χ2v) is 6.94. The molecule has 0 aromatic heterocycles. The summed E-state index contributed by atoms with van der Waals surface area (Å²) in [6.07, 6.45) is 14.6. The van der Waals surface area contributed by atoms with E-state index in [0.717, 1.165) is 13.0 Å². The third kappa shape index (κ3) is 5.43. The van der Waals surface area contributed by atoms with Crippen LogP contribution in [0.4, 0.5) is 0 Å². The first-order valence-electron chi connectivity index (χ1n) is 8.77. The van der Waals surface area contributed by atoms with Gasteiger partial charge in [0.15, 0.2) is 0 Å². The Hall–Kier alpha value is -0.570. The molecule has 0 aromatic carbocycles. The van der Waals surface area contributed by atoms with Crippen LogP contribution in [0.5, 0.6) is 0 Å². The van der Waals surface area contributed by atoms with Gasteiger partial charge in [0.2, 0.25) is 5.91 Å². The van der Waals surface area contributed by atoms with Gasteiger partial charge in [-0.25, -0.2) is 0 Å². The summed E-state index contributed by atoms with van der Waals surface area (Å²) in [5, 5.41) is 3.30. The van der Waals surface area contributed by atoms with E-state index < -0.39 is 0 Å². The molecule has 0 spiro atoms. The summed E-state index contributed by atoms with van der Waals surface area (Å²) in [5.74, 6) is 1.61. The molecule has 1 amide bonds. The van der Waals surface area contributed by atoms with Gasteiger partial charge in [-0.2, -0.15) is 0 Å². The summed E-state index contributed by atoms with van der Waals surface area (Å²) < 4.78 is 0. The number of hydrogen-bond acceptors (Lipinski definition) is 2. The Morgan fingerprint density at radius 3 is 2.00 bits per heavy atom. The lowest BCUT2D eigenvalue weighted by molar-refractivity contribution is -0.123. The Kier molecular flexibility index (Phi) is 6.85. The van der Waals surface area contributed by atoms with Crippen LogP contribution >= 0.6 is 0 Å². The van der Waals surface area contributed by atoms with Gasteiger partial charge in [0.05, 0.1) is 0 Å². The first-order chi connectivity index (χ1) is 9.78. The van der Waals surface area contributed by atoms with Gasteiger partial charge >= 0.3 is 0 Å². The topological polar surface area (TPSA) is 55.1 Å². The monoisotopic (exact) mass is 280 g/mol. The number of carbonyl (C=O) groups excluding carboxylic acids is 1. The average Bonchev–Trinajstić information content (AvgIpc) is 2.42. The van der Waals surface area contributed by atoms with Crippen LogP contribution in [0.3, 0.4) is 0 Å². The fraction of sp³-hybridized carbons (Fsp3) is 0.941. The SMILES string of the molecule is NCC1CCC(CC(=O)NC2CCCCCCC2)CC1. The van der Waals surface area contributed by atoms with Gasteiger partial charge in [-0.15, -0.1) is 0 Å². The van der Waals surface area contributed by atoms with Crippen molar-refractivity contribution in [3.8, 4) is 0 Å². The predicted molar refractivity (Wildman–Crippen MR) is 83.4 cm³/mol. The lowest BCUT2D eigenvalue weighted by atomic mass is 9.80. The Morgan fingerprint density at radius 2 is 1.40 bits per heavy atom. The van der Waals surface area contributed by atoms with E-state index in [2.05, 4.69) is 5.32 Å². The number of nitrogens with two attached hydrogens (primary N) is 1. The minimum absolute atomic E-state index is 0.298. The van der Waals surface area contributed by atoms with Crippen LogP contribution in [-0.4, -0.2) is 18.5 Å². The Balaban J connectivity index is 1.66. The molecule has 0 unspecified atom stereocenters. The van der Waals surface area contributed by atoms with E-state index in [9.17, 15) is 4.79 Å². The van der Waals surface area contributed by atoms with E-state index >= 15 is 0 Å². The molecule has 2 fully saturated rings. The van der Waals surface area contributed by atoms with Crippen molar-refractivity contribution in [1.82, 2.24) is 5.32 Å². The summed E-state index contributed by atoms with van der Waals surface area (Å²) in [4.78, 5) is 12.2. The maximum Gasteiger partial charge on any atom is 0.220 e. The van der Waals surface area contributed by atoms with E-state index in [4.69, 9.17) is 5.73 Å². The van der Waals surface area contributed by atoms with Crippen molar-refractivity contribution in [2.45, 2.75) is 83.1 Å². The zero-order chi connectivity index (χ0) is 14.2. The van der Waals surface area contributed by atoms with Crippen LogP contribution in [0, 0.1) is 11.8 Å². The highest BCUT2D eigenvalue weighted by molar-refractivity contribution is 5.76. The molecule has 2 saturated carbocycles. The number of hydrogen-bond donors (Lipinski definition) is 2. The molecular weight excluding hydrogens is 248 g/mol. The number of amides is 1. The minimum Gasteiger partial charge on any atom is -0.353 e. The van der Waals surface area contributed by atoms with Gasteiger partial charge in [-0.3, -0.25) is 4.79 Å². The fourth-order valence-corrected chi connectivity index (χ4v) is 3.82. The molecule has 2 aliphatic carbocycles. The summed E-state index contributed by atoms with van der Waals surface area (Å²) in [6, 6.07) is 0.447. The van der Waals surface area contributed by atoms with Gasteiger partial charge in [0.25, 0.3) is 0 Å². The maximum atomic E-state index is 12.2. The molecule has 116 valence electrons. The molecule has 0 radical (unpaired) electrons. The predicted octanol–water partition coefficient (Wildman–Crippen LogP) is 3.37. The van der Waals surface area contributed by atoms with Gasteiger partial charge in [0, 0.05) is 12.5 Å². The molecule has 0 bridgehead atoms.